The van der Waals surface area contributed by atoms with E-state index in [0.717, 1.165) is 25.4 Å². The van der Waals surface area contributed by atoms with Crippen LogP contribution in [-0.2, 0) is 4.74 Å². The number of ether oxygens (including phenoxy) is 1. The van der Waals surface area contributed by atoms with Crippen molar-refractivity contribution in [1.29, 1.82) is 0 Å². The molecule has 0 radical (unpaired) electrons. The largest absolute Gasteiger partial charge is 0.450 e. The van der Waals surface area contributed by atoms with Crippen LogP contribution in [0.2, 0.25) is 25.7 Å². The molecule has 3 nitrogen and oxygen atoms in total. The van der Waals surface area contributed by atoms with Gasteiger partial charge in [0.1, 0.15) is 0 Å². The van der Waals surface area contributed by atoms with E-state index in [9.17, 15) is 4.79 Å². The SMILES string of the molecule is C=CCC[C@@H]1[C@@H]2CC[C@@H](C2)CN1C(=O)OCC[Si](C)(C)C. The Hall–Kier alpha value is -0.773. The maximum absolute atomic E-state index is 12.5. The Morgan fingerprint density at radius 3 is 2.81 bits per heavy atom. The first-order valence-electron chi connectivity index (χ1n) is 8.45. The third-order valence-electron chi connectivity index (χ3n) is 4.96. The number of fused-ring (bicyclic) bond motifs is 2. The van der Waals surface area contributed by atoms with Gasteiger partial charge in [-0.2, -0.15) is 0 Å². The summed E-state index contributed by atoms with van der Waals surface area (Å²) in [4.78, 5) is 14.5. The molecule has 3 atom stereocenters. The maximum atomic E-state index is 12.5. The molecule has 2 bridgehead atoms. The molecule has 0 unspecified atom stereocenters. The van der Waals surface area contributed by atoms with Crippen LogP contribution in [0.15, 0.2) is 12.7 Å². The average Bonchev–Trinajstić information content (AvgIpc) is 2.78. The first kappa shape index (κ1) is 16.6. The van der Waals surface area contributed by atoms with Gasteiger partial charge >= 0.3 is 6.09 Å². The van der Waals surface area contributed by atoms with Crippen molar-refractivity contribution in [2.75, 3.05) is 13.2 Å². The first-order valence-corrected chi connectivity index (χ1v) is 12.2. The van der Waals surface area contributed by atoms with Gasteiger partial charge in [0.05, 0.1) is 6.61 Å². The van der Waals surface area contributed by atoms with Crippen LogP contribution in [-0.4, -0.2) is 38.3 Å². The quantitative estimate of drug-likeness (QED) is 0.533. The monoisotopic (exact) mass is 309 g/mol. The molecule has 21 heavy (non-hydrogen) atoms. The predicted octanol–water partition coefficient (Wildman–Crippen LogP) is 4.53. The summed E-state index contributed by atoms with van der Waals surface area (Å²) >= 11 is 0. The lowest BCUT2D eigenvalue weighted by Gasteiger charge is -2.39. The molecule has 0 N–H and O–H groups in total. The van der Waals surface area contributed by atoms with E-state index in [1.54, 1.807) is 0 Å². The fourth-order valence-electron chi connectivity index (χ4n) is 3.71. The minimum atomic E-state index is -1.14. The fraction of sp³-hybridized carbons (Fsp3) is 0.824. The van der Waals surface area contributed by atoms with Gasteiger partial charge in [-0.1, -0.05) is 25.7 Å². The lowest BCUT2D eigenvalue weighted by atomic mass is 9.88. The smallest absolute Gasteiger partial charge is 0.410 e. The maximum Gasteiger partial charge on any atom is 0.410 e. The molecule has 1 heterocycles. The average molecular weight is 310 g/mol. The molecule has 1 saturated heterocycles. The summed E-state index contributed by atoms with van der Waals surface area (Å²) in [6.07, 6.45) is 7.81. The van der Waals surface area contributed by atoms with Gasteiger partial charge in [0.2, 0.25) is 0 Å². The van der Waals surface area contributed by atoms with Crippen LogP contribution in [0.4, 0.5) is 4.79 Å². The number of likely N-dealkylation sites (tertiary alicyclic amines) is 1. The highest BCUT2D eigenvalue weighted by Crippen LogP contribution is 2.42. The number of nitrogens with zero attached hydrogens (tertiary/aromatic N) is 1. The Labute approximate surface area is 130 Å². The molecule has 2 fully saturated rings. The molecule has 1 aliphatic carbocycles. The van der Waals surface area contributed by atoms with Gasteiger partial charge in [0, 0.05) is 20.7 Å². The molecular formula is C17H31NO2Si. The number of amides is 1. The van der Waals surface area contributed by atoms with Gasteiger partial charge in [-0.15, -0.1) is 6.58 Å². The molecule has 2 rings (SSSR count). The molecule has 1 saturated carbocycles. The van der Waals surface area contributed by atoms with Crippen molar-refractivity contribution >= 4 is 14.2 Å². The molecule has 0 aromatic rings. The first-order chi connectivity index (χ1) is 9.90. The van der Waals surface area contributed by atoms with Gasteiger partial charge in [-0.05, 0) is 50.0 Å². The lowest BCUT2D eigenvalue weighted by molar-refractivity contribution is 0.0518. The number of carbonyl (C=O) groups excluding carboxylic acids is 1. The second-order valence-corrected chi connectivity index (χ2v) is 13.6. The Balaban J connectivity index is 1.91. The minimum Gasteiger partial charge on any atom is -0.450 e. The Kier molecular flexibility index (Phi) is 5.52. The van der Waals surface area contributed by atoms with Gasteiger partial charge in [0.15, 0.2) is 0 Å². The Morgan fingerprint density at radius 1 is 1.38 bits per heavy atom. The van der Waals surface area contributed by atoms with Crippen LogP contribution < -0.4 is 0 Å². The molecule has 0 aromatic heterocycles. The van der Waals surface area contributed by atoms with E-state index >= 15 is 0 Å². The van der Waals surface area contributed by atoms with E-state index in [2.05, 4.69) is 26.2 Å². The number of allylic oxidation sites excluding steroid dienone is 1. The van der Waals surface area contributed by atoms with Crippen molar-refractivity contribution < 1.29 is 9.53 Å². The number of rotatable bonds is 6. The lowest BCUT2D eigenvalue weighted by Crippen LogP contribution is -2.49. The van der Waals surface area contributed by atoms with Gasteiger partial charge < -0.3 is 9.64 Å². The topological polar surface area (TPSA) is 29.5 Å². The van der Waals surface area contributed by atoms with Crippen LogP contribution >= 0.6 is 0 Å². The van der Waals surface area contributed by atoms with E-state index in [4.69, 9.17) is 4.74 Å². The van der Waals surface area contributed by atoms with E-state index in [0.29, 0.717) is 24.5 Å². The van der Waals surface area contributed by atoms with Crippen LogP contribution in [0.3, 0.4) is 0 Å². The zero-order valence-corrected chi connectivity index (χ0v) is 14.9. The van der Waals surface area contributed by atoms with Gasteiger partial charge in [-0.3, -0.25) is 0 Å². The Bertz CT molecular complexity index is 377. The van der Waals surface area contributed by atoms with Crippen molar-refractivity contribution in [2.24, 2.45) is 11.8 Å². The number of hydrogen-bond acceptors (Lipinski definition) is 2. The third kappa shape index (κ3) is 4.60. The van der Waals surface area contributed by atoms with E-state index < -0.39 is 8.07 Å². The van der Waals surface area contributed by atoms with Crippen molar-refractivity contribution in [3.05, 3.63) is 12.7 Å². The van der Waals surface area contributed by atoms with Crippen molar-refractivity contribution in [3.63, 3.8) is 0 Å². The van der Waals surface area contributed by atoms with Crippen molar-refractivity contribution in [1.82, 2.24) is 4.90 Å². The normalized spacial score (nSPS) is 28.5. The van der Waals surface area contributed by atoms with Crippen LogP contribution in [0.25, 0.3) is 0 Å². The van der Waals surface area contributed by atoms with E-state index in [1.807, 2.05) is 11.0 Å². The summed E-state index contributed by atoms with van der Waals surface area (Å²) in [6, 6.07) is 1.43. The van der Waals surface area contributed by atoms with Crippen LogP contribution in [0.1, 0.15) is 32.1 Å². The van der Waals surface area contributed by atoms with Crippen molar-refractivity contribution in [3.8, 4) is 0 Å². The van der Waals surface area contributed by atoms with Gasteiger partial charge in [-0.25, -0.2) is 4.79 Å². The minimum absolute atomic E-state index is 0.0705. The second kappa shape index (κ2) is 6.99. The molecule has 1 aliphatic heterocycles. The molecule has 0 spiro atoms. The molecule has 1 amide bonds. The number of hydrogen-bond donors (Lipinski definition) is 0. The summed E-state index contributed by atoms with van der Waals surface area (Å²) in [6.45, 7) is 12.3. The van der Waals surface area contributed by atoms with E-state index in [1.165, 1.54) is 19.3 Å². The molecule has 2 aliphatic rings. The number of carbonyl (C=O) groups is 1. The van der Waals surface area contributed by atoms with Crippen LogP contribution in [0, 0.1) is 11.8 Å². The highest BCUT2D eigenvalue weighted by atomic mass is 28.3. The zero-order valence-electron chi connectivity index (χ0n) is 13.9. The third-order valence-corrected chi connectivity index (χ3v) is 6.66. The fourth-order valence-corrected chi connectivity index (χ4v) is 4.43. The summed E-state index contributed by atoms with van der Waals surface area (Å²) in [5.74, 6) is 1.40. The molecule has 120 valence electrons. The predicted molar refractivity (Wildman–Crippen MR) is 90.3 cm³/mol. The summed E-state index contributed by atoms with van der Waals surface area (Å²) < 4.78 is 5.59. The summed E-state index contributed by atoms with van der Waals surface area (Å²) in [5.41, 5.74) is 0. The Morgan fingerprint density at radius 2 is 2.14 bits per heavy atom. The molecule has 0 aromatic carbocycles. The standard InChI is InChI=1S/C17H31NO2Si/c1-5-6-7-16-15-9-8-14(12-15)13-18(16)17(19)20-10-11-21(2,3)4/h5,14-16H,1,6-13H2,2-4H3/t14-,15+,16+/m0/s1. The van der Waals surface area contributed by atoms with Gasteiger partial charge in [0.25, 0.3) is 0 Å². The zero-order chi connectivity index (χ0) is 15.5. The summed E-state index contributed by atoms with van der Waals surface area (Å²) in [7, 11) is -1.14. The van der Waals surface area contributed by atoms with Crippen LogP contribution in [0.5, 0.6) is 0 Å². The number of piperidine rings is 1. The summed E-state index contributed by atoms with van der Waals surface area (Å²) in [5, 5.41) is 0. The highest BCUT2D eigenvalue weighted by Gasteiger charge is 2.42. The van der Waals surface area contributed by atoms with E-state index in [-0.39, 0.29) is 6.09 Å². The molecular weight excluding hydrogens is 278 g/mol. The molecule has 4 heteroatoms. The van der Waals surface area contributed by atoms with Crippen molar-refractivity contribution in [2.45, 2.75) is 63.8 Å². The second-order valence-electron chi connectivity index (χ2n) is 7.95. The highest BCUT2D eigenvalue weighted by molar-refractivity contribution is 6.76.